The normalized spacial score (nSPS) is 10.2. The van der Waals surface area contributed by atoms with Crippen LogP contribution in [0, 0.1) is 0 Å². The van der Waals surface area contributed by atoms with Crippen LogP contribution in [-0.2, 0) is 13.6 Å². The molecule has 0 aromatic carbocycles. The molecule has 0 radical (unpaired) electrons. The average molecular weight is 178 g/mol. The van der Waals surface area contributed by atoms with E-state index in [4.69, 9.17) is 4.42 Å². The third kappa shape index (κ3) is 1.69. The van der Waals surface area contributed by atoms with Crippen LogP contribution >= 0.6 is 0 Å². The highest BCUT2D eigenvalue weighted by atomic mass is 16.3. The molecule has 0 fully saturated rings. The maximum absolute atomic E-state index is 4.84. The number of nitrogens with zero attached hydrogens (tertiary/aromatic N) is 3. The number of oxazole rings is 1. The monoisotopic (exact) mass is 178 g/mol. The summed E-state index contributed by atoms with van der Waals surface area (Å²) in [6.07, 6.45) is 4.77. The molecule has 0 atom stereocenters. The van der Waals surface area contributed by atoms with E-state index < -0.39 is 0 Å². The average Bonchev–Trinajstić information content (AvgIpc) is 2.72. The van der Waals surface area contributed by atoms with Gasteiger partial charge in [0.05, 0.1) is 18.4 Å². The molecule has 0 aliphatic rings. The van der Waals surface area contributed by atoms with Gasteiger partial charge >= 0.3 is 0 Å². The summed E-state index contributed by atoms with van der Waals surface area (Å²) in [5.74, 6) is 0.961. The fourth-order valence-corrected chi connectivity index (χ4v) is 1.05. The first-order valence-electron chi connectivity index (χ1n) is 3.95. The minimum atomic E-state index is 0.649. The molecule has 2 aromatic rings. The van der Waals surface area contributed by atoms with Gasteiger partial charge in [-0.05, 0) is 0 Å². The van der Waals surface area contributed by atoms with Crippen molar-refractivity contribution in [3.05, 3.63) is 30.6 Å². The minimum absolute atomic E-state index is 0.649. The molecular formula is C8H10N4O. The van der Waals surface area contributed by atoms with Gasteiger partial charge in [0.2, 0.25) is 0 Å². The highest BCUT2D eigenvalue weighted by molar-refractivity contribution is 5.33. The van der Waals surface area contributed by atoms with Gasteiger partial charge in [-0.15, -0.1) is 0 Å². The molecule has 0 saturated carbocycles. The van der Waals surface area contributed by atoms with Crippen molar-refractivity contribution in [3.63, 3.8) is 0 Å². The maximum atomic E-state index is 4.84. The number of hydrogen-bond donors (Lipinski definition) is 1. The number of rotatable bonds is 3. The molecule has 68 valence electrons. The van der Waals surface area contributed by atoms with Crippen LogP contribution in [0.15, 0.2) is 29.3 Å². The fraction of sp³-hybridized carbons (Fsp3) is 0.250. The Labute approximate surface area is 75.4 Å². The standard InChI is InChI=1S/C8H10N4O/c1-12-8(2-3-11-12)9-4-7-5-13-6-10-7/h2-3,5-6,9H,4H2,1H3. The van der Waals surface area contributed by atoms with Crippen molar-refractivity contribution >= 4 is 5.82 Å². The first-order valence-corrected chi connectivity index (χ1v) is 3.95. The van der Waals surface area contributed by atoms with E-state index in [1.807, 2.05) is 13.1 Å². The molecule has 0 spiro atoms. The first kappa shape index (κ1) is 7.85. The first-order chi connectivity index (χ1) is 6.36. The Hall–Kier alpha value is -1.78. The molecule has 0 unspecified atom stereocenters. The van der Waals surface area contributed by atoms with Crippen LogP contribution in [0.25, 0.3) is 0 Å². The third-order valence-electron chi connectivity index (χ3n) is 1.76. The zero-order valence-electron chi connectivity index (χ0n) is 7.27. The van der Waals surface area contributed by atoms with Gasteiger partial charge in [0, 0.05) is 13.1 Å². The predicted molar refractivity (Wildman–Crippen MR) is 47.0 cm³/mol. The molecule has 2 rings (SSSR count). The number of anilines is 1. The topological polar surface area (TPSA) is 55.9 Å². The van der Waals surface area contributed by atoms with Crippen molar-refractivity contribution in [2.45, 2.75) is 6.54 Å². The third-order valence-corrected chi connectivity index (χ3v) is 1.76. The van der Waals surface area contributed by atoms with E-state index in [1.54, 1.807) is 17.1 Å². The molecule has 0 bridgehead atoms. The highest BCUT2D eigenvalue weighted by Crippen LogP contribution is 2.05. The quantitative estimate of drug-likeness (QED) is 0.762. The van der Waals surface area contributed by atoms with Gasteiger partial charge < -0.3 is 9.73 Å². The van der Waals surface area contributed by atoms with Crippen molar-refractivity contribution in [3.8, 4) is 0 Å². The van der Waals surface area contributed by atoms with E-state index in [1.165, 1.54) is 6.39 Å². The Kier molecular flexibility index (Phi) is 1.99. The van der Waals surface area contributed by atoms with E-state index >= 15 is 0 Å². The van der Waals surface area contributed by atoms with Gasteiger partial charge in [-0.2, -0.15) is 5.10 Å². The van der Waals surface area contributed by atoms with E-state index in [0.717, 1.165) is 11.5 Å². The second kappa shape index (κ2) is 3.30. The van der Waals surface area contributed by atoms with Crippen molar-refractivity contribution in [1.29, 1.82) is 0 Å². The van der Waals surface area contributed by atoms with Gasteiger partial charge in [0.1, 0.15) is 12.1 Å². The van der Waals surface area contributed by atoms with Crippen molar-refractivity contribution in [2.24, 2.45) is 7.05 Å². The molecule has 2 heterocycles. The molecule has 0 aliphatic heterocycles. The second-order valence-corrected chi connectivity index (χ2v) is 2.67. The lowest BCUT2D eigenvalue weighted by molar-refractivity contribution is 0.556. The van der Waals surface area contributed by atoms with Gasteiger partial charge in [-0.1, -0.05) is 0 Å². The molecule has 2 aromatic heterocycles. The lowest BCUT2D eigenvalue weighted by Gasteiger charge is -2.02. The lowest BCUT2D eigenvalue weighted by atomic mass is 10.5. The summed E-state index contributed by atoms with van der Waals surface area (Å²) in [6.45, 7) is 0.649. The summed E-state index contributed by atoms with van der Waals surface area (Å²) in [7, 11) is 1.88. The Balaban J connectivity index is 1.97. The Morgan fingerprint density at radius 2 is 2.54 bits per heavy atom. The van der Waals surface area contributed by atoms with Crippen molar-refractivity contribution < 1.29 is 4.42 Å². The van der Waals surface area contributed by atoms with Gasteiger partial charge in [-0.3, -0.25) is 4.68 Å². The Bertz CT molecular complexity index is 365. The predicted octanol–water partition coefficient (Wildman–Crippen LogP) is 1.02. The largest absolute Gasteiger partial charge is 0.451 e. The molecule has 1 N–H and O–H groups in total. The van der Waals surface area contributed by atoms with E-state index in [-0.39, 0.29) is 0 Å². The summed E-state index contributed by atoms with van der Waals surface area (Å²) >= 11 is 0. The highest BCUT2D eigenvalue weighted by Gasteiger charge is 1.98. The van der Waals surface area contributed by atoms with E-state index in [0.29, 0.717) is 6.54 Å². The molecule has 0 amide bonds. The SMILES string of the molecule is Cn1nccc1NCc1cocn1. The minimum Gasteiger partial charge on any atom is -0.451 e. The van der Waals surface area contributed by atoms with Crippen LogP contribution in [0.4, 0.5) is 5.82 Å². The van der Waals surface area contributed by atoms with Crippen LogP contribution in [0.3, 0.4) is 0 Å². The Morgan fingerprint density at radius 3 is 3.15 bits per heavy atom. The smallest absolute Gasteiger partial charge is 0.180 e. The number of aryl methyl sites for hydroxylation is 1. The number of nitrogens with one attached hydrogen (secondary N) is 1. The number of aromatic nitrogens is 3. The molecule has 5 heteroatoms. The van der Waals surface area contributed by atoms with Crippen LogP contribution in [-0.4, -0.2) is 14.8 Å². The summed E-state index contributed by atoms with van der Waals surface area (Å²) in [5, 5.41) is 7.20. The van der Waals surface area contributed by atoms with Crippen LogP contribution < -0.4 is 5.32 Å². The maximum Gasteiger partial charge on any atom is 0.180 e. The zero-order chi connectivity index (χ0) is 9.10. The van der Waals surface area contributed by atoms with Crippen molar-refractivity contribution in [2.75, 3.05) is 5.32 Å². The molecule has 13 heavy (non-hydrogen) atoms. The molecule has 0 aliphatic carbocycles. The number of hydrogen-bond acceptors (Lipinski definition) is 4. The summed E-state index contributed by atoms with van der Waals surface area (Å²) in [4.78, 5) is 3.99. The fourth-order valence-electron chi connectivity index (χ4n) is 1.05. The van der Waals surface area contributed by atoms with E-state index in [2.05, 4.69) is 15.4 Å². The van der Waals surface area contributed by atoms with Gasteiger partial charge in [0.25, 0.3) is 0 Å². The van der Waals surface area contributed by atoms with Crippen molar-refractivity contribution in [1.82, 2.24) is 14.8 Å². The van der Waals surface area contributed by atoms with Gasteiger partial charge in [0.15, 0.2) is 6.39 Å². The van der Waals surface area contributed by atoms with Gasteiger partial charge in [-0.25, -0.2) is 4.98 Å². The molecule has 0 saturated heterocycles. The Morgan fingerprint density at radius 1 is 1.62 bits per heavy atom. The second-order valence-electron chi connectivity index (χ2n) is 2.67. The zero-order valence-corrected chi connectivity index (χ0v) is 7.27. The van der Waals surface area contributed by atoms with E-state index in [9.17, 15) is 0 Å². The summed E-state index contributed by atoms with van der Waals surface area (Å²) in [5.41, 5.74) is 0.876. The summed E-state index contributed by atoms with van der Waals surface area (Å²) in [6, 6.07) is 1.90. The summed E-state index contributed by atoms with van der Waals surface area (Å²) < 4.78 is 6.61. The molecule has 5 nitrogen and oxygen atoms in total. The van der Waals surface area contributed by atoms with Crippen LogP contribution in [0.1, 0.15) is 5.69 Å². The lowest BCUT2D eigenvalue weighted by Crippen LogP contribution is -2.04. The molecular weight excluding hydrogens is 168 g/mol. The van der Waals surface area contributed by atoms with Crippen LogP contribution in [0.5, 0.6) is 0 Å². The van der Waals surface area contributed by atoms with Crippen LogP contribution in [0.2, 0.25) is 0 Å².